The Kier molecular flexibility index (Phi) is 6.74. The van der Waals surface area contributed by atoms with Crippen molar-refractivity contribution in [3.05, 3.63) is 0 Å². The Morgan fingerprint density at radius 2 is 0.939 bits per heavy atom. The number of ether oxygens (including phenoxy) is 4. The molecule has 8 nitrogen and oxygen atoms in total. The van der Waals surface area contributed by atoms with Crippen molar-refractivity contribution in [3.63, 3.8) is 0 Å². The van der Waals surface area contributed by atoms with Gasteiger partial charge < -0.3 is 18.9 Å². The van der Waals surface area contributed by atoms with Crippen LogP contribution in [0.3, 0.4) is 0 Å². The second-order valence-electron chi connectivity index (χ2n) is 10.5. The predicted octanol–water partition coefficient (Wildman–Crippen LogP) is 4.18. The predicted molar refractivity (Wildman–Crippen MR) is 115 cm³/mol. The molecule has 2 spiro atoms. The molecule has 0 unspecified atom stereocenters. The summed E-state index contributed by atoms with van der Waals surface area (Å²) in [4.78, 5) is 45.5. The first-order chi connectivity index (χ1) is 15.4. The minimum Gasteiger partial charge on any atom is -0.422 e. The molecule has 0 radical (unpaired) electrons. The molecule has 7 aliphatic rings. The molecular formula is C25H36O8. The first-order valence-corrected chi connectivity index (χ1v) is 12.2. The van der Waals surface area contributed by atoms with Gasteiger partial charge in [-0.1, -0.05) is 26.7 Å². The topological polar surface area (TPSA) is 105 Å². The van der Waals surface area contributed by atoms with Crippen LogP contribution in [0.5, 0.6) is 0 Å². The van der Waals surface area contributed by atoms with Crippen molar-refractivity contribution in [2.24, 2.45) is 23.7 Å². The number of esters is 4. The minimum absolute atomic E-state index is 0. The number of hydrogen-bond acceptors (Lipinski definition) is 8. The van der Waals surface area contributed by atoms with E-state index in [9.17, 15) is 19.2 Å². The molecule has 2 heterocycles. The summed E-state index contributed by atoms with van der Waals surface area (Å²) < 4.78 is 21.6. The van der Waals surface area contributed by atoms with Crippen LogP contribution in [-0.2, 0) is 38.1 Å². The third-order valence-corrected chi connectivity index (χ3v) is 8.12. The van der Waals surface area contributed by atoms with Gasteiger partial charge in [0.05, 0.1) is 0 Å². The lowest BCUT2D eigenvalue weighted by Gasteiger charge is -2.59. The van der Waals surface area contributed by atoms with E-state index in [-0.39, 0.29) is 32.1 Å². The third kappa shape index (κ3) is 4.76. The number of carbonyl (C=O) groups excluding carboxylic acids is 4. The van der Waals surface area contributed by atoms with E-state index < -0.39 is 35.5 Å². The Hall–Kier alpha value is -2.12. The monoisotopic (exact) mass is 464 g/mol. The highest BCUT2D eigenvalue weighted by Gasteiger charge is 2.63. The summed E-state index contributed by atoms with van der Waals surface area (Å²) in [5, 5.41) is 0. The van der Waals surface area contributed by atoms with Gasteiger partial charge in [-0.3, -0.25) is 19.2 Å². The zero-order valence-corrected chi connectivity index (χ0v) is 18.5. The molecule has 33 heavy (non-hydrogen) atoms. The number of hydrogen-bond donors (Lipinski definition) is 0. The smallest absolute Gasteiger partial charge is 0.320 e. The maximum Gasteiger partial charge on any atom is 0.320 e. The lowest BCUT2D eigenvalue weighted by atomic mass is 9.53. The normalized spacial score (nSPS) is 35.6. The molecule has 7 fully saturated rings. The highest BCUT2D eigenvalue weighted by Crippen LogP contribution is 2.60. The molecule has 8 heteroatoms. The summed E-state index contributed by atoms with van der Waals surface area (Å²) in [6, 6.07) is 0. The maximum absolute atomic E-state index is 11.5. The highest BCUT2D eigenvalue weighted by molar-refractivity contribution is 5.93. The summed E-state index contributed by atoms with van der Waals surface area (Å²) in [5.74, 6) is -1.42. The molecule has 4 bridgehead atoms. The second kappa shape index (κ2) is 9.26. The van der Waals surface area contributed by atoms with Gasteiger partial charge in [-0.2, -0.15) is 0 Å². The first-order valence-electron chi connectivity index (χ1n) is 12.2. The van der Waals surface area contributed by atoms with Gasteiger partial charge in [0, 0.05) is 24.7 Å². The molecule has 0 atom stereocenters. The molecular weight excluding hydrogens is 428 g/mol. The van der Waals surface area contributed by atoms with Crippen LogP contribution in [0.25, 0.3) is 0 Å². The summed E-state index contributed by atoms with van der Waals surface area (Å²) in [5.41, 5.74) is 0. The Balaban J connectivity index is 0.000000154. The van der Waals surface area contributed by atoms with Crippen molar-refractivity contribution in [1.29, 1.82) is 0 Å². The van der Waals surface area contributed by atoms with Crippen LogP contribution >= 0.6 is 0 Å². The molecule has 0 aromatic heterocycles. The minimum atomic E-state index is -0.924. The Morgan fingerprint density at radius 3 is 1.39 bits per heavy atom. The zero-order chi connectivity index (χ0) is 22.3. The number of rotatable bonds is 0. The molecule has 7 rings (SSSR count). The highest BCUT2D eigenvalue weighted by atomic mass is 16.8. The molecule has 5 aliphatic carbocycles. The van der Waals surface area contributed by atoms with Crippen molar-refractivity contribution in [2.45, 2.75) is 109 Å². The molecule has 5 saturated carbocycles. The maximum atomic E-state index is 11.5. The molecule has 0 aromatic rings. The molecule has 0 N–H and O–H groups in total. The van der Waals surface area contributed by atoms with E-state index in [4.69, 9.17) is 18.9 Å². The Bertz CT molecular complexity index is 730. The standard InChI is InChI=1S/C13H16O4.C11H16O4.CH4/c14-11-6-12(15)17-13(16-11)9-2-7-1-8(4-9)5-10(13)3-7;12-9-8-10(13)15-11(14-9)6-4-2-1-3-5-7-11;/h7-10H,1-6H2;1-8H2;1H4. The van der Waals surface area contributed by atoms with Crippen LogP contribution in [0.1, 0.15) is 97.3 Å². The fourth-order valence-electron chi connectivity index (χ4n) is 7.02. The molecule has 0 amide bonds. The fourth-order valence-corrected chi connectivity index (χ4v) is 7.02. The summed E-state index contributed by atoms with van der Waals surface area (Å²) in [6.45, 7) is 0. The average Bonchev–Trinajstić information content (AvgIpc) is 2.68. The quantitative estimate of drug-likeness (QED) is 0.388. The van der Waals surface area contributed by atoms with Gasteiger partial charge in [-0.15, -0.1) is 0 Å². The van der Waals surface area contributed by atoms with Crippen molar-refractivity contribution in [1.82, 2.24) is 0 Å². The summed E-state index contributed by atoms with van der Waals surface area (Å²) in [7, 11) is 0. The van der Waals surface area contributed by atoms with Crippen LogP contribution in [0, 0.1) is 23.7 Å². The van der Waals surface area contributed by atoms with E-state index in [1.807, 2.05) is 0 Å². The SMILES string of the molecule is C.O=C1CC(=O)OC2(CCCCCCC2)O1.O=C1CC(=O)OC2(O1)C1CC3CC(C1)CC2C3. The molecule has 2 aliphatic heterocycles. The van der Waals surface area contributed by atoms with Gasteiger partial charge in [-0.05, 0) is 56.8 Å². The third-order valence-electron chi connectivity index (χ3n) is 8.12. The van der Waals surface area contributed by atoms with Gasteiger partial charge in [0.2, 0.25) is 0 Å². The number of carbonyl (C=O) groups is 4. The van der Waals surface area contributed by atoms with Crippen molar-refractivity contribution >= 4 is 23.9 Å². The van der Waals surface area contributed by atoms with E-state index in [2.05, 4.69) is 0 Å². The largest absolute Gasteiger partial charge is 0.422 e. The van der Waals surface area contributed by atoms with E-state index in [0.29, 0.717) is 12.8 Å². The van der Waals surface area contributed by atoms with Crippen molar-refractivity contribution in [2.75, 3.05) is 0 Å². The van der Waals surface area contributed by atoms with Crippen LogP contribution in [0.2, 0.25) is 0 Å². The lowest BCUT2D eigenvalue weighted by Crippen LogP contribution is -2.63. The van der Waals surface area contributed by atoms with E-state index >= 15 is 0 Å². The van der Waals surface area contributed by atoms with Crippen LogP contribution in [0.15, 0.2) is 0 Å². The second-order valence-corrected chi connectivity index (χ2v) is 10.5. The van der Waals surface area contributed by atoms with Crippen molar-refractivity contribution in [3.8, 4) is 0 Å². The van der Waals surface area contributed by atoms with E-state index in [1.54, 1.807) is 0 Å². The first kappa shape index (κ1) is 24.0. The Morgan fingerprint density at radius 1 is 0.545 bits per heavy atom. The van der Waals surface area contributed by atoms with Crippen LogP contribution in [-0.4, -0.2) is 35.5 Å². The summed E-state index contributed by atoms with van der Waals surface area (Å²) in [6.07, 6.45) is 11.8. The summed E-state index contributed by atoms with van der Waals surface area (Å²) >= 11 is 0. The van der Waals surface area contributed by atoms with Gasteiger partial charge in [-0.25, -0.2) is 0 Å². The lowest BCUT2D eigenvalue weighted by molar-refractivity contribution is -0.319. The van der Waals surface area contributed by atoms with E-state index in [0.717, 1.165) is 63.2 Å². The Labute approximate surface area is 195 Å². The average molecular weight is 465 g/mol. The molecule has 0 aromatic carbocycles. The molecule has 2 saturated heterocycles. The van der Waals surface area contributed by atoms with Gasteiger partial charge in [0.15, 0.2) is 0 Å². The van der Waals surface area contributed by atoms with Gasteiger partial charge in [0.25, 0.3) is 11.6 Å². The van der Waals surface area contributed by atoms with Gasteiger partial charge in [0.1, 0.15) is 12.8 Å². The molecule has 184 valence electrons. The van der Waals surface area contributed by atoms with Crippen LogP contribution in [0.4, 0.5) is 0 Å². The zero-order valence-electron chi connectivity index (χ0n) is 18.5. The van der Waals surface area contributed by atoms with Crippen molar-refractivity contribution < 1.29 is 38.1 Å². The fraction of sp³-hybridized carbons (Fsp3) is 0.840. The van der Waals surface area contributed by atoms with E-state index in [1.165, 1.54) is 12.8 Å². The van der Waals surface area contributed by atoms with Crippen LogP contribution < -0.4 is 0 Å². The van der Waals surface area contributed by atoms with Gasteiger partial charge >= 0.3 is 23.9 Å².